The Kier molecular flexibility index (Phi) is 8.30. The minimum Gasteiger partial charge on any atom is -0.490 e. The van der Waals surface area contributed by atoms with Crippen LogP contribution in [0.1, 0.15) is 31.7 Å². The summed E-state index contributed by atoms with van der Waals surface area (Å²) in [5, 5.41) is 14.5. The molecule has 6 nitrogen and oxygen atoms in total. The van der Waals surface area contributed by atoms with Gasteiger partial charge in [0.05, 0.1) is 12.0 Å². The van der Waals surface area contributed by atoms with Gasteiger partial charge in [0, 0.05) is 18.7 Å². The highest BCUT2D eigenvalue weighted by molar-refractivity contribution is 5.85. The summed E-state index contributed by atoms with van der Waals surface area (Å²) in [6.45, 7) is 6.04. The number of nitrogens with one attached hydrogen (secondary N) is 1. The van der Waals surface area contributed by atoms with E-state index in [2.05, 4.69) is 17.1 Å². The maximum absolute atomic E-state index is 11.1. The summed E-state index contributed by atoms with van der Waals surface area (Å²) in [5.74, 6) is 0.317. The number of nitro groups is 1. The van der Waals surface area contributed by atoms with E-state index in [1.54, 1.807) is 12.1 Å². The largest absolute Gasteiger partial charge is 0.490 e. The zero-order valence-electron chi connectivity index (χ0n) is 13.8. The Labute approximate surface area is 143 Å². The van der Waals surface area contributed by atoms with E-state index in [1.807, 2.05) is 6.07 Å². The minimum atomic E-state index is -0.378. The fourth-order valence-corrected chi connectivity index (χ4v) is 3.06. The van der Waals surface area contributed by atoms with Gasteiger partial charge in [-0.15, -0.1) is 12.4 Å². The van der Waals surface area contributed by atoms with Crippen molar-refractivity contribution in [3.63, 3.8) is 0 Å². The normalized spacial score (nSPS) is 15.3. The molecule has 0 radical (unpaired) electrons. The first kappa shape index (κ1) is 19.7. The molecule has 130 valence electrons. The van der Waals surface area contributed by atoms with Crippen LogP contribution >= 0.6 is 12.4 Å². The van der Waals surface area contributed by atoms with Gasteiger partial charge in [-0.2, -0.15) is 0 Å². The Morgan fingerprint density at radius 3 is 2.65 bits per heavy atom. The molecule has 2 rings (SSSR count). The first-order valence-electron chi connectivity index (χ1n) is 7.91. The van der Waals surface area contributed by atoms with Crippen molar-refractivity contribution in [1.29, 1.82) is 0 Å². The average Bonchev–Trinajstić information content (AvgIpc) is 2.55. The van der Waals surface area contributed by atoms with E-state index in [1.165, 1.54) is 7.11 Å². The van der Waals surface area contributed by atoms with Gasteiger partial charge in [-0.1, -0.05) is 13.0 Å². The molecule has 1 saturated heterocycles. The number of hydrogen-bond acceptors (Lipinski definition) is 5. The highest BCUT2D eigenvalue weighted by Crippen LogP contribution is 2.28. The van der Waals surface area contributed by atoms with Crippen LogP contribution in [0.4, 0.5) is 5.69 Å². The number of halogens is 1. The van der Waals surface area contributed by atoms with Crippen LogP contribution in [0.2, 0.25) is 0 Å². The van der Waals surface area contributed by atoms with Crippen LogP contribution < -0.4 is 10.1 Å². The molecule has 1 aliphatic heterocycles. The van der Waals surface area contributed by atoms with Crippen molar-refractivity contribution in [1.82, 2.24) is 10.2 Å². The van der Waals surface area contributed by atoms with Gasteiger partial charge in [-0.25, -0.2) is 0 Å². The average molecular weight is 344 g/mol. The van der Waals surface area contributed by atoms with Crippen LogP contribution in [-0.2, 0) is 6.54 Å². The van der Waals surface area contributed by atoms with Crippen molar-refractivity contribution in [2.75, 3.05) is 26.7 Å². The predicted molar refractivity (Wildman–Crippen MR) is 93.5 cm³/mol. The second kappa shape index (κ2) is 9.70. The Morgan fingerprint density at radius 2 is 2.09 bits per heavy atom. The lowest BCUT2D eigenvalue weighted by atomic mass is 10.0. The van der Waals surface area contributed by atoms with Crippen LogP contribution in [0.25, 0.3) is 0 Å². The van der Waals surface area contributed by atoms with E-state index < -0.39 is 0 Å². The molecule has 0 bridgehead atoms. The number of benzene rings is 1. The molecular weight excluding hydrogens is 318 g/mol. The van der Waals surface area contributed by atoms with Crippen molar-refractivity contribution in [2.24, 2.45) is 0 Å². The zero-order valence-corrected chi connectivity index (χ0v) is 14.6. The molecule has 1 aromatic carbocycles. The summed E-state index contributed by atoms with van der Waals surface area (Å²) in [5.41, 5.74) is 1.02. The molecule has 1 heterocycles. The highest BCUT2D eigenvalue weighted by Gasteiger charge is 2.22. The fourth-order valence-electron chi connectivity index (χ4n) is 3.06. The molecule has 0 amide bonds. The molecule has 0 unspecified atom stereocenters. The third kappa shape index (κ3) is 5.34. The number of hydrogen-bond donors (Lipinski definition) is 1. The predicted octanol–water partition coefficient (Wildman–Crippen LogP) is 2.99. The Morgan fingerprint density at radius 1 is 1.39 bits per heavy atom. The molecular formula is C16H26ClN3O3. The minimum absolute atomic E-state index is 0. The Hall–Kier alpha value is -1.37. The summed E-state index contributed by atoms with van der Waals surface area (Å²) < 4.78 is 5.07. The third-order valence-electron chi connectivity index (χ3n) is 4.16. The molecule has 7 heteroatoms. The zero-order chi connectivity index (χ0) is 15.9. The maximum Gasteiger partial charge on any atom is 0.311 e. The van der Waals surface area contributed by atoms with E-state index in [-0.39, 0.29) is 23.0 Å². The number of nitrogens with zero attached hydrogens (tertiary/aromatic N) is 2. The number of nitro benzene ring substituents is 1. The third-order valence-corrected chi connectivity index (χ3v) is 4.16. The van der Waals surface area contributed by atoms with Gasteiger partial charge >= 0.3 is 5.69 Å². The second-order valence-electron chi connectivity index (χ2n) is 5.71. The molecule has 0 atom stereocenters. The summed E-state index contributed by atoms with van der Waals surface area (Å²) in [7, 11) is 1.46. The Balaban J connectivity index is 0.00000264. The molecule has 0 saturated carbocycles. The lowest BCUT2D eigenvalue weighted by Crippen LogP contribution is -2.43. The Bertz CT molecular complexity index is 507. The molecule has 1 N–H and O–H groups in total. The standard InChI is InChI=1S/C16H25N3O3.ClH/c1-3-10-18(14-6-8-17-9-7-14)12-13-4-5-16(22-2)15(11-13)19(20)21;/h4-5,11,14,17H,3,6-10,12H2,1-2H3;1H. The van der Waals surface area contributed by atoms with Gasteiger partial charge in [0.15, 0.2) is 5.75 Å². The smallest absolute Gasteiger partial charge is 0.311 e. The van der Waals surface area contributed by atoms with Crippen LogP contribution in [0.5, 0.6) is 5.75 Å². The summed E-state index contributed by atoms with van der Waals surface area (Å²) in [6.07, 6.45) is 3.36. The topological polar surface area (TPSA) is 67.6 Å². The monoisotopic (exact) mass is 343 g/mol. The molecule has 0 aromatic heterocycles. The first-order valence-corrected chi connectivity index (χ1v) is 7.91. The lowest BCUT2D eigenvalue weighted by Gasteiger charge is -2.34. The van der Waals surface area contributed by atoms with Gasteiger partial charge in [-0.05, 0) is 50.5 Å². The van der Waals surface area contributed by atoms with E-state index >= 15 is 0 Å². The highest BCUT2D eigenvalue weighted by atomic mass is 35.5. The molecule has 0 aliphatic carbocycles. The van der Waals surface area contributed by atoms with Gasteiger partial charge < -0.3 is 10.1 Å². The van der Waals surface area contributed by atoms with Crippen molar-refractivity contribution in [2.45, 2.75) is 38.8 Å². The fraction of sp³-hybridized carbons (Fsp3) is 0.625. The van der Waals surface area contributed by atoms with Gasteiger partial charge in [0.25, 0.3) is 0 Å². The van der Waals surface area contributed by atoms with E-state index in [9.17, 15) is 10.1 Å². The molecule has 0 spiro atoms. The quantitative estimate of drug-likeness (QED) is 0.609. The summed E-state index contributed by atoms with van der Waals surface area (Å²) in [4.78, 5) is 13.2. The van der Waals surface area contributed by atoms with Crippen LogP contribution in [0.3, 0.4) is 0 Å². The van der Waals surface area contributed by atoms with Gasteiger partial charge in [-0.3, -0.25) is 15.0 Å². The number of ether oxygens (including phenoxy) is 1. The van der Waals surface area contributed by atoms with Gasteiger partial charge in [0.1, 0.15) is 0 Å². The summed E-state index contributed by atoms with van der Waals surface area (Å²) in [6, 6.07) is 5.82. The van der Waals surface area contributed by atoms with E-state index in [4.69, 9.17) is 4.74 Å². The first-order chi connectivity index (χ1) is 10.7. The molecule has 1 aromatic rings. The van der Waals surface area contributed by atoms with E-state index in [0.29, 0.717) is 11.8 Å². The van der Waals surface area contributed by atoms with Crippen LogP contribution in [0.15, 0.2) is 18.2 Å². The molecule has 1 fully saturated rings. The van der Waals surface area contributed by atoms with Crippen molar-refractivity contribution < 1.29 is 9.66 Å². The number of rotatable bonds is 7. The second-order valence-corrected chi connectivity index (χ2v) is 5.71. The van der Waals surface area contributed by atoms with Crippen molar-refractivity contribution in [3.8, 4) is 5.75 Å². The van der Waals surface area contributed by atoms with Gasteiger partial charge in [0.2, 0.25) is 0 Å². The van der Waals surface area contributed by atoms with E-state index in [0.717, 1.165) is 51.0 Å². The van der Waals surface area contributed by atoms with Crippen LogP contribution in [-0.4, -0.2) is 42.6 Å². The van der Waals surface area contributed by atoms with Crippen LogP contribution in [0, 0.1) is 10.1 Å². The number of methoxy groups -OCH3 is 1. The SMILES string of the molecule is CCCN(Cc1ccc(OC)c([N+](=O)[O-])c1)C1CCNCC1.Cl. The van der Waals surface area contributed by atoms with Crippen molar-refractivity contribution >= 4 is 18.1 Å². The number of piperidine rings is 1. The van der Waals surface area contributed by atoms with Crippen molar-refractivity contribution in [3.05, 3.63) is 33.9 Å². The molecule has 1 aliphatic rings. The maximum atomic E-state index is 11.1. The lowest BCUT2D eigenvalue weighted by molar-refractivity contribution is -0.385. The summed E-state index contributed by atoms with van der Waals surface area (Å²) >= 11 is 0. The molecule has 23 heavy (non-hydrogen) atoms.